The SMILES string of the molecule is C=C(NCCC[N+](C)(C)C)C(C)(CC(C)(CC)CC)C(CC)(CC)C(C)(CC)CC. The van der Waals surface area contributed by atoms with E-state index in [-0.39, 0.29) is 10.8 Å². The van der Waals surface area contributed by atoms with Gasteiger partial charge in [-0.3, -0.25) is 0 Å². The molecule has 0 radical (unpaired) electrons. The van der Waals surface area contributed by atoms with Gasteiger partial charge in [-0.2, -0.15) is 0 Å². The molecule has 0 fully saturated rings. The number of nitrogens with one attached hydrogen (secondary N) is 1. The summed E-state index contributed by atoms with van der Waals surface area (Å²) < 4.78 is 1.02. The summed E-state index contributed by atoms with van der Waals surface area (Å²) in [6.45, 7) is 29.0. The van der Waals surface area contributed by atoms with E-state index in [9.17, 15) is 0 Å². The Bertz CT molecular complexity index is 501. The minimum Gasteiger partial charge on any atom is -0.388 e. The van der Waals surface area contributed by atoms with Crippen LogP contribution in [0.5, 0.6) is 0 Å². The molecule has 1 atom stereocenters. The van der Waals surface area contributed by atoms with Crippen LogP contribution in [-0.2, 0) is 0 Å². The van der Waals surface area contributed by atoms with E-state index in [2.05, 4.69) is 88.8 Å². The molecule has 1 unspecified atom stereocenters. The first-order valence-electron chi connectivity index (χ1n) is 12.9. The van der Waals surface area contributed by atoms with E-state index in [4.69, 9.17) is 6.58 Å². The Labute approximate surface area is 191 Å². The number of quaternary nitrogens is 1. The van der Waals surface area contributed by atoms with Crippen molar-refractivity contribution >= 4 is 0 Å². The van der Waals surface area contributed by atoms with E-state index < -0.39 is 0 Å². The zero-order valence-electron chi connectivity index (χ0n) is 23.2. The van der Waals surface area contributed by atoms with Crippen LogP contribution >= 0.6 is 0 Å². The lowest BCUT2D eigenvalue weighted by molar-refractivity contribution is -0.870. The first kappa shape index (κ1) is 29.5. The van der Waals surface area contributed by atoms with Crippen LogP contribution in [0.25, 0.3) is 0 Å². The van der Waals surface area contributed by atoms with E-state index in [1.165, 1.54) is 63.6 Å². The largest absolute Gasteiger partial charge is 0.388 e. The predicted molar refractivity (Wildman–Crippen MR) is 138 cm³/mol. The van der Waals surface area contributed by atoms with Crippen LogP contribution in [0.4, 0.5) is 0 Å². The molecule has 0 aliphatic heterocycles. The third-order valence-electron chi connectivity index (χ3n) is 9.48. The molecule has 0 aromatic rings. The average molecular weight is 424 g/mol. The van der Waals surface area contributed by atoms with Gasteiger partial charge in [0.1, 0.15) is 0 Å². The maximum Gasteiger partial charge on any atom is 0.0797 e. The number of allylic oxidation sites excluding steroid dienone is 1. The molecule has 0 heterocycles. The molecule has 1 N–H and O–H groups in total. The van der Waals surface area contributed by atoms with Crippen molar-refractivity contribution in [3.05, 3.63) is 12.3 Å². The van der Waals surface area contributed by atoms with Gasteiger partial charge < -0.3 is 9.80 Å². The molecule has 0 aromatic heterocycles. The van der Waals surface area contributed by atoms with E-state index >= 15 is 0 Å². The topological polar surface area (TPSA) is 12.0 Å². The fourth-order valence-corrected chi connectivity index (χ4v) is 6.38. The number of rotatable bonds is 16. The van der Waals surface area contributed by atoms with Gasteiger partial charge >= 0.3 is 0 Å². The molecular formula is C28H59N2+. The van der Waals surface area contributed by atoms with Gasteiger partial charge in [-0.1, -0.05) is 94.6 Å². The first-order chi connectivity index (χ1) is 13.7. The van der Waals surface area contributed by atoms with Crippen molar-refractivity contribution in [1.82, 2.24) is 5.32 Å². The van der Waals surface area contributed by atoms with Crippen molar-refractivity contribution in [2.24, 2.45) is 21.7 Å². The second kappa shape index (κ2) is 11.4. The molecule has 0 bridgehead atoms. The van der Waals surface area contributed by atoms with Crippen molar-refractivity contribution in [2.75, 3.05) is 34.2 Å². The Morgan fingerprint density at radius 2 is 1.23 bits per heavy atom. The van der Waals surface area contributed by atoms with E-state index in [1.807, 2.05) is 0 Å². The first-order valence-corrected chi connectivity index (χ1v) is 12.9. The maximum absolute atomic E-state index is 4.74. The van der Waals surface area contributed by atoms with Gasteiger partial charge in [-0.15, -0.1) is 0 Å². The molecule has 2 heteroatoms. The summed E-state index contributed by atoms with van der Waals surface area (Å²) in [5.41, 5.74) is 2.24. The smallest absolute Gasteiger partial charge is 0.0797 e. The molecule has 0 amide bonds. The molecule has 0 spiro atoms. The summed E-state index contributed by atoms with van der Waals surface area (Å²) in [6, 6.07) is 0. The zero-order chi connectivity index (χ0) is 23.9. The van der Waals surface area contributed by atoms with Crippen LogP contribution in [0.1, 0.15) is 114 Å². The lowest BCUT2D eigenvalue weighted by Crippen LogP contribution is -2.55. The van der Waals surface area contributed by atoms with Crippen LogP contribution in [0.2, 0.25) is 0 Å². The third kappa shape index (κ3) is 6.27. The molecule has 0 saturated heterocycles. The van der Waals surface area contributed by atoms with Gasteiger partial charge in [0.2, 0.25) is 0 Å². The molecule has 0 rings (SSSR count). The van der Waals surface area contributed by atoms with E-state index in [1.54, 1.807) is 0 Å². The molecule has 0 saturated carbocycles. The molecule has 0 aliphatic carbocycles. The lowest BCUT2D eigenvalue weighted by atomic mass is 9.44. The summed E-state index contributed by atoms with van der Waals surface area (Å²) in [7, 11) is 6.83. The van der Waals surface area contributed by atoms with Crippen LogP contribution in [0.15, 0.2) is 12.3 Å². The van der Waals surface area contributed by atoms with Gasteiger partial charge in [0.05, 0.1) is 27.7 Å². The van der Waals surface area contributed by atoms with Crippen molar-refractivity contribution in [3.8, 4) is 0 Å². The van der Waals surface area contributed by atoms with Crippen molar-refractivity contribution < 1.29 is 4.48 Å². The Balaban J connectivity index is 6.24. The number of hydrogen-bond donors (Lipinski definition) is 1. The Hall–Kier alpha value is -0.500. The molecule has 180 valence electrons. The fraction of sp³-hybridized carbons (Fsp3) is 0.929. The standard InChI is InChI=1S/C28H59N2/c1-14-25(8,15-2)23-27(10,24(7)29-21-20-22-30(11,12)13)28(18-5,19-6)26(9,16-3)17-4/h29H,7,14-23H2,1-6,8-13H3/q+1. The van der Waals surface area contributed by atoms with Crippen molar-refractivity contribution in [2.45, 2.75) is 114 Å². The lowest BCUT2D eigenvalue weighted by Gasteiger charge is -2.61. The third-order valence-corrected chi connectivity index (χ3v) is 9.48. The molecule has 2 nitrogen and oxygen atoms in total. The summed E-state index contributed by atoms with van der Waals surface area (Å²) in [6.07, 6.45) is 9.73. The van der Waals surface area contributed by atoms with Gasteiger partial charge in [-0.05, 0) is 35.5 Å². The maximum atomic E-state index is 4.74. The summed E-state index contributed by atoms with van der Waals surface area (Å²) in [5, 5.41) is 3.86. The van der Waals surface area contributed by atoms with E-state index in [0.717, 1.165) is 11.0 Å². The predicted octanol–water partition coefficient (Wildman–Crippen LogP) is 8.04. The highest BCUT2D eigenvalue weighted by Crippen LogP contribution is 2.65. The minimum absolute atomic E-state index is 0.0641. The average Bonchev–Trinajstić information content (AvgIpc) is 2.70. The van der Waals surface area contributed by atoms with Crippen LogP contribution < -0.4 is 5.32 Å². The Morgan fingerprint density at radius 3 is 1.57 bits per heavy atom. The normalized spacial score (nSPS) is 15.7. The zero-order valence-corrected chi connectivity index (χ0v) is 23.2. The van der Waals surface area contributed by atoms with Crippen LogP contribution in [-0.4, -0.2) is 38.7 Å². The fourth-order valence-electron chi connectivity index (χ4n) is 6.38. The highest BCUT2D eigenvalue weighted by Gasteiger charge is 2.57. The molecule has 0 aromatic carbocycles. The number of hydrogen-bond acceptors (Lipinski definition) is 1. The summed E-state index contributed by atoms with van der Waals surface area (Å²) >= 11 is 0. The molecule has 0 aliphatic rings. The van der Waals surface area contributed by atoms with Gasteiger partial charge in [0.25, 0.3) is 0 Å². The second-order valence-corrected chi connectivity index (χ2v) is 11.9. The summed E-state index contributed by atoms with van der Waals surface area (Å²) in [5.74, 6) is 0. The summed E-state index contributed by atoms with van der Waals surface area (Å²) in [4.78, 5) is 0. The van der Waals surface area contributed by atoms with Gasteiger partial charge in [0.15, 0.2) is 0 Å². The van der Waals surface area contributed by atoms with Crippen molar-refractivity contribution in [3.63, 3.8) is 0 Å². The number of nitrogens with zero attached hydrogens (tertiary/aromatic N) is 1. The van der Waals surface area contributed by atoms with Crippen LogP contribution in [0, 0.1) is 21.7 Å². The van der Waals surface area contributed by atoms with Crippen LogP contribution in [0.3, 0.4) is 0 Å². The highest BCUT2D eigenvalue weighted by molar-refractivity contribution is 5.19. The van der Waals surface area contributed by atoms with Gasteiger partial charge in [0, 0.05) is 24.1 Å². The highest BCUT2D eigenvalue weighted by atomic mass is 15.3. The van der Waals surface area contributed by atoms with Gasteiger partial charge in [-0.25, -0.2) is 0 Å². The Morgan fingerprint density at radius 1 is 0.767 bits per heavy atom. The molecular weight excluding hydrogens is 364 g/mol. The molecule has 30 heavy (non-hydrogen) atoms. The quantitative estimate of drug-likeness (QED) is 0.196. The Kier molecular flexibility index (Phi) is 11.2. The van der Waals surface area contributed by atoms with E-state index in [0.29, 0.717) is 10.8 Å². The minimum atomic E-state index is 0.0641. The van der Waals surface area contributed by atoms with Crippen molar-refractivity contribution in [1.29, 1.82) is 0 Å². The monoisotopic (exact) mass is 423 g/mol. The second-order valence-electron chi connectivity index (χ2n) is 11.9.